The fourth-order valence-corrected chi connectivity index (χ4v) is 4.65. The fraction of sp³-hybridized carbons (Fsp3) is 0.379. The third kappa shape index (κ3) is 8.48. The summed E-state index contributed by atoms with van der Waals surface area (Å²) in [5.41, 5.74) is -4.30. The number of carboxylic acid groups (broad SMARTS) is 2. The Morgan fingerprint density at radius 1 is 1.05 bits per heavy atom. The summed E-state index contributed by atoms with van der Waals surface area (Å²) < 4.78 is 52.9. The van der Waals surface area contributed by atoms with Crippen LogP contribution in [0.15, 0.2) is 65.0 Å². The van der Waals surface area contributed by atoms with Crippen LogP contribution in [0.5, 0.6) is 11.5 Å². The van der Waals surface area contributed by atoms with Crippen molar-refractivity contribution in [2.45, 2.75) is 44.9 Å². The molecule has 0 spiro atoms. The summed E-state index contributed by atoms with van der Waals surface area (Å²) in [4.78, 5) is 34.9. The summed E-state index contributed by atoms with van der Waals surface area (Å²) >= 11 is 0. The molecular weight excluding hydrogens is 591 g/mol. The lowest BCUT2D eigenvalue weighted by molar-refractivity contribution is -0.384. The van der Waals surface area contributed by atoms with E-state index >= 15 is 0 Å². The second-order valence-corrected chi connectivity index (χ2v) is 9.96. The standard InChI is InChI=1S/C29H32F3N3O9/c1-16-7-3-4-8-21(16)44-15-19(36)14-33-11-5-6-12-43-22-10-9-18(35(41)42)13-20(22)24-23(27(37)38)17(2)34-26(29(30,31)32)25(24)28(39)40/h3-4,7-10,13,19,24,33-34,36H,5-6,11-12,14-15H2,1-2H3,(H,37,38)(H,39,40). The number of hydrogen-bond donors (Lipinski definition) is 5. The number of alkyl halides is 3. The van der Waals surface area contributed by atoms with Crippen molar-refractivity contribution in [3.8, 4) is 11.5 Å². The number of aryl methyl sites for hydroxylation is 1. The van der Waals surface area contributed by atoms with Crippen LogP contribution in [0.3, 0.4) is 0 Å². The third-order valence-electron chi connectivity index (χ3n) is 6.73. The summed E-state index contributed by atoms with van der Waals surface area (Å²) in [6, 6.07) is 10.3. The molecule has 2 unspecified atom stereocenters. The van der Waals surface area contributed by atoms with Gasteiger partial charge >= 0.3 is 18.1 Å². The second-order valence-electron chi connectivity index (χ2n) is 9.96. The minimum absolute atomic E-state index is 0.0280. The number of benzene rings is 2. The van der Waals surface area contributed by atoms with Gasteiger partial charge in [-0.3, -0.25) is 10.1 Å². The van der Waals surface area contributed by atoms with Gasteiger partial charge in [0.15, 0.2) is 0 Å². The van der Waals surface area contributed by atoms with E-state index in [0.29, 0.717) is 25.1 Å². The van der Waals surface area contributed by atoms with Crippen LogP contribution in [0.1, 0.15) is 36.8 Å². The SMILES string of the molecule is CC1=C(C(=O)O)C(c2cc([N+](=O)[O-])ccc2OCCCCNCC(O)COc2ccccc2C)C(C(=O)O)=C(C(F)(F)F)N1. The van der Waals surface area contributed by atoms with E-state index in [1.807, 2.05) is 30.4 Å². The maximum Gasteiger partial charge on any atom is 0.431 e. The summed E-state index contributed by atoms with van der Waals surface area (Å²) in [7, 11) is 0. The number of nitro groups is 1. The van der Waals surface area contributed by atoms with E-state index in [9.17, 15) is 48.2 Å². The number of rotatable bonds is 15. The van der Waals surface area contributed by atoms with Crippen molar-refractivity contribution in [3.63, 3.8) is 0 Å². The number of nitro benzene ring substituents is 1. The number of halogens is 3. The van der Waals surface area contributed by atoms with Crippen LogP contribution in [0.2, 0.25) is 0 Å². The second kappa shape index (κ2) is 14.7. The molecule has 238 valence electrons. The first-order chi connectivity index (χ1) is 20.7. The molecule has 15 heteroatoms. The van der Waals surface area contributed by atoms with Crippen molar-refractivity contribution in [1.29, 1.82) is 0 Å². The Kier molecular flexibility index (Phi) is 11.3. The van der Waals surface area contributed by atoms with Crippen LogP contribution >= 0.6 is 0 Å². The monoisotopic (exact) mass is 623 g/mol. The Morgan fingerprint density at radius 2 is 1.73 bits per heavy atom. The number of aliphatic carboxylic acids is 2. The van der Waals surface area contributed by atoms with Gasteiger partial charge in [0.25, 0.3) is 5.69 Å². The zero-order valence-corrected chi connectivity index (χ0v) is 23.8. The van der Waals surface area contributed by atoms with Gasteiger partial charge in [0.05, 0.1) is 28.6 Å². The van der Waals surface area contributed by atoms with Gasteiger partial charge in [-0.15, -0.1) is 0 Å². The minimum Gasteiger partial charge on any atom is -0.493 e. The van der Waals surface area contributed by atoms with Crippen LogP contribution in [-0.2, 0) is 9.59 Å². The molecule has 5 N–H and O–H groups in total. The Bertz CT molecular complexity index is 1460. The number of hydrogen-bond acceptors (Lipinski definition) is 9. The number of carbonyl (C=O) groups is 2. The van der Waals surface area contributed by atoms with Crippen molar-refractivity contribution in [2.75, 3.05) is 26.3 Å². The maximum atomic E-state index is 13.9. The summed E-state index contributed by atoms with van der Waals surface area (Å²) in [6.45, 7) is 3.67. The first-order valence-corrected chi connectivity index (χ1v) is 13.5. The molecule has 0 saturated carbocycles. The highest BCUT2D eigenvalue weighted by molar-refractivity contribution is 5.99. The molecule has 2 aromatic carbocycles. The molecule has 3 rings (SSSR count). The molecule has 0 saturated heterocycles. The van der Waals surface area contributed by atoms with Gasteiger partial charge in [-0.05, 0) is 50.9 Å². The predicted octanol–water partition coefficient (Wildman–Crippen LogP) is 4.04. The molecule has 0 bridgehead atoms. The zero-order valence-electron chi connectivity index (χ0n) is 23.8. The third-order valence-corrected chi connectivity index (χ3v) is 6.73. The normalized spacial score (nSPS) is 15.9. The number of non-ortho nitro benzene ring substituents is 1. The van der Waals surface area contributed by atoms with Crippen molar-refractivity contribution >= 4 is 17.6 Å². The molecule has 0 fully saturated rings. The minimum atomic E-state index is -5.20. The van der Waals surface area contributed by atoms with Gasteiger partial charge < -0.3 is 35.4 Å². The quantitative estimate of drug-likeness (QED) is 0.110. The molecule has 2 atom stereocenters. The summed E-state index contributed by atoms with van der Waals surface area (Å²) in [6.07, 6.45) is -5.07. The van der Waals surface area contributed by atoms with E-state index in [2.05, 4.69) is 5.32 Å². The van der Waals surface area contributed by atoms with Crippen LogP contribution in [0.4, 0.5) is 18.9 Å². The van der Waals surface area contributed by atoms with E-state index in [4.69, 9.17) is 9.47 Å². The number of aliphatic hydroxyl groups is 1. The highest BCUT2D eigenvalue weighted by Crippen LogP contribution is 2.46. The first-order valence-electron chi connectivity index (χ1n) is 13.5. The van der Waals surface area contributed by atoms with Gasteiger partial charge in [-0.25, -0.2) is 9.59 Å². The van der Waals surface area contributed by atoms with Crippen LogP contribution in [-0.4, -0.2) is 70.8 Å². The highest BCUT2D eigenvalue weighted by Gasteiger charge is 2.47. The molecule has 44 heavy (non-hydrogen) atoms. The average Bonchev–Trinajstić information content (AvgIpc) is 2.94. The predicted molar refractivity (Wildman–Crippen MR) is 150 cm³/mol. The van der Waals surface area contributed by atoms with E-state index < -0.39 is 68.9 Å². The van der Waals surface area contributed by atoms with Crippen molar-refractivity contribution in [3.05, 3.63) is 86.2 Å². The van der Waals surface area contributed by atoms with E-state index in [-0.39, 0.29) is 25.5 Å². The van der Waals surface area contributed by atoms with Crippen molar-refractivity contribution < 1.29 is 52.5 Å². The topological polar surface area (TPSA) is 180 Å². The van der Waals surface area contributed by atoms with Gasteiger partial charge in [0.2, 0.25) is 0 Å². The largest absolute Gasteiger partial charge is 0.493 e. The number of allylic oxidation sites excluding steroid dienone is 2. The van der Waals surface area contributed by atoms with Gasteiger partial charge in [-0.1, -0.05) is 18.2 Å². The van der Waals surface area contributed by atoms with Gasteiger partial charge in [0.1, 0.15) is 29.9 Å². The summed E-state index contributed by atoms with van der Waals surface area (Å²) in [5.74, 6) is -5.35. The van der Waals surface area contributed by atoms with Crippen molar-refractivity contribution in [2.24, 2.45) is 0 Å². The van der Waals surface area contributed by atoms with Crippen molar-refractivity contribution in [1.82, 2.24) is 10.6 Å². The highest BCUT2D eigenvalue weighted by atomic mass is 19.4. The Hall–Kier alpha value is -4.63. The molecular formula is C29H32F3N3O9. The smallest absolute Gasteiger partial charge is 0.431 e. The number of dihydropyridines is 1. The van der Waals surface area contributed by atoms with Crippen LogP contribution in [0.25, 0.3) is 0 Å². The molecule has 0 amide bonds. The molecule has 1 aliphatic rings. The van der Waals surface area contributed by atoms with Crippen LogP contribution < -0.4 is 20.1 Å². The number of ether oxygens (including phenoxy) is 2. The summed E-state index contributed by atoms with van der Waals surface area (Å²) in [5, 5.41) is 46.2. The maximum absolute atomic E-state index is 13.9. The number of para-hydroxylation sites is 1. The number of unbranched alkanes of at least 4 members (excludes halogenated alkanes) is 1. The van der Waals surface area contributed by atoms with Crippen LogP contribution in [0, 0.1) is 17.0 Å². The first kappa shape index (κ1) is 33.9. The van der Waals surface area contributed by atoms with Gasteiger partial charge in [-0.2, -0.15) is 13.2 Å². The molecule has 2 aromatic rings. The molecule has 1 aliphatic heterocycles. The average molecular weight is 624 g/mol. The molecule has 1 heterocycles. The number of nitrogens with one attached hydrogen (secondary N) is 2. The Balaban J connectivity index is 1.71. The lowest BCUT2D eigenvalue weighted by Crippen LogP contribution is -2.37. The molecule has 0 radical (unpaired) electrons. The molecule has 0 aliphatic carbocycles. The number of aliphatic hydroxyl groups excluding tert-OH is 1. The fourth-order valence-electron chi connectivity index (χ4n) is 4.65. The van der Waals surface area contributed by atoms with Gasteiger partial charge in [0, 0.05) is 29.9 Å². The Labute approximate surface area is 249 Å². The molecule has 12 nitrogen and oxygen atoms in total. The zero-order chi connectivity index (χ0) is 32.6. The van der Waals surface area contributed by atoms with E-state index in [1.165, 1.54) is 0 Å². The molecule has 0 aromatic heterocycles. The Morgan fingerprint density at radius 3 is 2.34 bits per heavy atom. The van der Waals surface area contributed by atoms with E-state index in [1.54, 1.807) is 6.07 Å². The lowest BCUT2D eigenvalue weighted by atomic mass is 9.79. The van der Waals surface area contributed by atoms with E-state index in [0.717, 1.165) is 30.7 Å². The number of nitrogens with zero attached hydrogens (tertiary/aromatic N) is 1. The lowest BCUT2D eigenvalue weighted by Gasteiger charge is -2.31. The number of carboxylic acids is 2.